The first-order chi connectivity index (χ1) is 11.4. The minimum absolute atomic E-state index is 0.0397. The number of aliphatic hydroxyl groups is 1. The molecule has 1 heterocycles. The Morgan fingerprint density at radius 1 is 1.17 bits per heavy atom. The maximum Gasteiger partial charge on any atom is 0.284 e. The van der Waals surface area contributed by atoms with Crippen LogP contribution in [0, 0.1) is 35.2 Å². The molecule has 5 fully saturated rings. The number of carbonyl (C=O) groups excluding carboxylic acids is 1. The van der Waals surface area contributed by atoms with Gasteiger partial charge in [0.15, 0.2) is 6.10 Å². The number of fused-ring (bicyclic) bond motifs is 4. The Morgan fingerprint density at radius 3 is 2.71 bits per heavy atom. The molecule has 1 aliphatic heterocycles. The van der Waals surface area contributed by atoms with Gasteiger partial charge in [0, 0.05) is 11.8 Å². The van der Waals surface area contributed by atoms with Gasteiger partial charge >= 0.3 is 0 Å². The van der Waals surface area contributed by atoms with Gasteiger partial charge in [-0.3, -0.25) is 4.79 Å². The SMILES string of the molecule is [C-]#[N+][C@@H]1C[C@]2(C)C3CC[C@@]4(C)C(CC[C@@H]4O)C3CC[C@]23O[C@@H]3C1=O. The van der Waals surface area contributed by atoms with E-state index in [2.05, 4.69) is 18.7 Å². The van der Waals surface area contributed by atoms with Crippen LogP contribution in [0.2, 0.25) is 0 Å². The molecule has 0 amide bonds. The molecule has 4 nitrogen and oxygen atoms in total. The molecule has 5 aliphatic rings. The van der Waals surface area contributed by atoms with Crippen molar-refractivity contribution in [2.75, 3.05) is 0 Å². The highest BCUT2D eigenvalue weighted by atomic mass is 16.6. The second-order valence-electron chi connectivity index (χ2n) is 9.61. The van der Waals surface area contributed by atoms with Gasteiger partial charge < -0.3 is 14.7 Å². The molecule has 4 saturated carbocycles. The molecule has 1 spiro atoms. The lowest BCUT2D eigenvalue weighted by atomic mass is 9.44. The molecular formula is C20H27NO3. The van der Waals surface area contributed by atoms with E-state index in [0.717, 1.165) is 38.5 Å². The van der Waals surface area contributed by atoms with Crippen LogP contribution >= 0.6 is 0 Å². The predicted octanol–water partition coefficient (Wildman–Crippen LogP) is 2.99. The van der Waals surface area contributed by atoms with E-state index in [9.17, 15) is 9.90 Å². The molecule has 4 aliphatic carbocycles. The molecular weight excluding hydrogens is 302 g/mol. The summed E-state index contributed by atoms with van der Waals surface area (Å²) in [4.78, 5) is 16.1. The number of Topliss-reactive ketones (excluding diaryl/α,β-unsaturated/α-hetero) is 1. The maximum absolute atomic E-state index is 12.5. The van der Waals surface area contributed by atoms with E-state index in [0.29, 0.717) is 24.2 Å². The molecule has 0 aromatic rings. The highest BCUT2D eigenvalue weighted by molar-refractivity contribution is 5.94. The zero-order valence-electron chi connectivity index (χ0n) is 14.6. The van der Waals surface area contributed by atoms with E-state index in [-0.39, 0.29) is 34.4 Å². The zero-order chi connectivity index (χ0) is 16.9. The van der Waals surface area contributed by atoms with Gasteiger partial charge in [-0.2, -0.15) is 0 Å². The van der Waals surface area contributed by atoms with Gasteiger partial charge in [0.1, 0.15) is 5.60 Å². The first-order valence-corrected chi connectivity index (χ1v) is 9.63. The van der Waals surface area contributed by atoms with Crippen molar-refractivity contribution in [1.29, 1.82) is 0 Å². The molecule has 130 valence electrons. The van der Waals surface area contributed by atoms with Crippen molar-refractivity contribution in [2.45, 2.75) is 82.6 Å². The molecule has 0 aromatic heterocycles. The number of ketones is 1. The van der Waals surface area contributed by atoms with Gasteiger partial charge in [-0.25, -0.2) is 6.57 Å². The molecule has 1 N–H and O–H groups in total. The van der Waals surface area contributed by atoms with Crippen molar-refractivity contribution in [3.8, 4) is 0 Å². The van der Waals surface area contributed by atoms with Crippen LogP contribution in [0.1, 0.15) is 58.8 Å². The summed E-state index contributed by atoms with van der Waals surface area (Å²) in [7, 11) is 0. The van der Waals surface area contributed by atoms with Gasteiger partial charge in [0.25, 0.3) is 6.04 Å². The molecule has 0 aromatic carbocycles. The van der Waals surface area contributed by atoms with Gasteiger partial charge in [0.05, 0.1) is 6.10 Å². The van der Waals surface area contributed by atoms with Gasteiger partial charge in [-0.1, -0.05) is 13.8 Å². The Kier molecular flexibility index (Phi) is 2.83. The first-order valence-electron chi connectivity index (χ1n) is 9.63. The summed E-state index contributed by atoms with van der Waals surface area (Å²) in [5, 5.41) is 10.5. The van der Waals surface area contributed by atoms with Crippen molar-refractivity contribution in [1.82, 2.24) is 0 Å². The van der Waals surface area contributed by atoms with E-state index in [1.165, 1.54) is 0 Å². The van der Waals surface area contributed by atoms with Gasteiger partial charge in [-0.05, 0) is 61.7 Å². The second kappa shape index (κ2) is 4.43. The summed E-state index contributed by atoms with van der Waals surface area (Å²) in [5.41, 5.74) is -0.231. The van der Waals surface area contributed by atoms with Crippen molar-refractivity contribution >= 4 is 5.78 Å². The second-order valence-corrected chi connectivity index (χ2v) is 9.61. The van der Waals surface area contributed by atoms with E-state index >= 15 is 0 Å². The average molecular weight is 329 g/mol. The summed E-state index contributed by atoms with van der Waals surface area (Å²) in [6.07, 6.45) is 6.58. The van der Waals surface area contributed by atoms with Crippen LogP contribution in [0.25, 0.3) is 4.85 Å². The van der Waals surface area contributed by atoms with Crippen LogP contribution in [0.15, 0.2) is 0 Å². The van der Waals surface area contributed by atoms with Crippen LogP contribution in [0.3, 0.4) is 0 Å². The third-order valence-electron chi connectivity index (χ3n) is 9.08. The summed E-state index contributed by atoms with van der Waals surface area (Å²) in [6.45, 7) is 12.1. The fraction of sp³-hybridized carbons (Fsp3) is 0.900. The molecule has 4 heteroatoms. The van der Waals surface area contributed by atoms with Crippen molar-refractivity contribution in [3.05, 3.63) is 11.4 Å². The smallest absolute Gasteiger partial charge is 0.284 e. The van der Waals surface area contributed by atoms with E-state index < -0.39 is 6.04 Å². The highest BCUT2D eigenvalue weighted by Crippen LogP contribution is 2.72. The Morgan fingerprint density at radius 2 is 1.96 bits per heavy atom. The summed E-state index contributed by atoms with van der Waals surface area (Å²) in [6, 6.07) is -0.503. The number of ether oxygens (including phenoxy) is 1. The quantitative estimate of drug-likeness (QED) is 0.549. The van der Waals surface area contributed by atoms with Crippen LogP contribution in [0.4, 0.5) is 0 Å². The number of epoxide rings is 1. The lowest BCUT2D eigenvalue weighted by Crippen LogP contribution is -2.60. The van der Waals surface area contributed by atoms with Crippen molar-refractivity contribution < 1.29 is 14.6 Å². The molecule has 3 unspecified atom stereocenters. The van der Waals surface area contributed by atoms with Gasteiger partial charge in [-0.15, -0.1) is 0 Å². The largest absolute Gasteiger partial charge is 0.393 e. The number of rotatable bonds is 0. The monoisotopic (exact) mass is 329 g/mol. The molecule has 0 radical (unpaired) electrons. The number of aliphatic hydroxyl groups excluding tert-OH is 1. The number of hydrogen-bond acceptors (Lipinski definition) is 3. The fourth-order valence-corrected chi connectivity index (χ4v) is 7.63. The van der Waals surface area contributed by atoms with Crippen LogP contribution < -0.4 is 0 Å². The average Bonchev–Trinajstić information content (AvgIpc) is 3.23. The van der Waals surface area contributed by atoms with Crippen molar-refractivity contribution in [3.63, 3.8) is 0 Å². The van der Waals surface area contributed by atoms with Crippen LogP contribution in [-0.2, 0) is 9.53 Å². The standard InChI is InChI=1S/C20H27NO3/c1-18-8-7-13-11(12(18)4-5-15(18)22)6-9-20-17(24-20)16(23)14(21-3)10-19(13,20)2/h11-15,17,22H,4-10H2,1-2H3/t11?,12?,13?,14-,15+,17-,18+,19-,20-/m1/s1. The minimum atomic E-state index is -0.503. The molecule has 24 heavy (non-hydrogen) atoms. The normalized spacial score (nSPS) is 61.2. The summed E-state index contributed by atoms with van der Waals surface area (Å²) >= 11 is 0. The molecule has 9 atom stereocenters. The fourth-order valence-electron chi connectivity index (χ4n) is 7.63. The Balaban J connectivity index is 1.53. The van der Waals surface area contributed by atoms with Crippen LogP contribution in [0.5, 0.6) is 0 Å². The van der Waals surface area contributed by atoms with Gasteiger partial charge in [0.2, 0.25) is 5.78 Å². The van der Waals surface area contributed by atoms with Crippen molar-refractivity contribution in [2.24, 2.45) is 28.6 Å². The van der Waals surface area contributed by atoms with Crippen LogP contribution in [-0.4, -0.2) is 34.7 Å². The van der Waals surface area contributed by atoms with E-state index in [1.807, 2.05) is 0 Å². The van der Waals surface area contributed by atoms with E-state index in [4.69, 9.17) is 11.3 Å². The Labute approximate surface area is 143 Å². The maximum atomic E-state index is 12.5. The topological polar surface area (TPSA) is 54.2 Å². The number of nitrogens with zero attached hydrogens (tertiary/aromatic N) is 1. The molecule has 5 rings (SSSR count). The zero-order valence-corrected chi connectivity index (χ0v) is 14.6. The number of carbonyl (C=O) groups is 1. The Bertz CT molecular complexity index is 656. The van der Waals surface area contributed by atoms with E-state index in [1.54, 1.807) is 0 Å². The minimum Gasteiger partial charge on any atom is -0.393 e. The lowest BCUT2D eigenvalue weighted by Gasteiger charge is -2.58. The predicted molar refractivity (Wildman–Crippen MR) is 88.0 cm³/mol. The summed E-state index contributed by atoms with van der Waals surface area (Å²) in [5.74, 6) is 1.80. The molecule has 0 bridgehead atoms. The Hall–Kier alpha value is -0.920. The third-order valence-corrected chi connectivity index (χ3v) is 9.08. The third kappa shape index (κ3) is 1.51. The lowest BCUT2D eigenvalue weighted by molar-refractivity contribution is -0.134. The summed E-state index contributed by atoms with van der Waals surface area (Å²) < 4.78 is 6.08. The molecule has 1 saturated heterocycles. The number of hydrogen-bond donors (Lipinski definition) is 1. The first kappa shape index (κ1) is 15.3. The highest BCUT2D eigenvalue weighted by Gasteiger charge is 2.79.